The molecule has 7 heteroatoms. The van der Waals surface area contributed by atoms with E-state index in [2.05, 4.69) is 15.5 Å². The normalized spacial score (nSPS) is 20.4. The average molecular weight is 358 g/mol. The molecule has 26 heavy (non-hydrogen) atoms. The number of rotatable bonds is 2. The minimum Gasteiger partial charge on any atom is -0.444 e. The summed E-state index contributed by atoms with van der Waals surface area (Å²) in [7, 11) is 0. The summed E-state index contributed by atoms with van der Waals surface area (Å²) in [6.45, 7) is 10.5. The number of amides is 2. The van der Waals surface area contributed by atoms with Gasteiger partial charge in [0.2, 0.25) is 0 Å². The molecule has 1 fully saturated rings. The summed E-state index contributed by atoms with van der Waals surface area (Å²) in [5, 5.41) is 10.9. The maximum Gasteiger partial charge on any atom is 0.410 e. The smallest absolute Gasteiger partial charge is 0.410 e. The number of benzene rings is 1. The van der Waals surface area contributed by atoms with Crippen LogP contribution in [0.5, 0.6) is 0 Å². The second-order valence-electron chi connectivity index (χ2n) is 8.09. The Bertz CT molecular complexity index is 837. The van der Waals surface area contributed by atoms with Crippen LogP contribution >= 0.6 is 0 Å². The van der Waals surface area contributed by atoms with Crippen molar-refractivity contribution >= 4 is 22.9 Å². The number of likely N-dealkylation sites (tertiary alicyclic amines) is 1. The molecular weight excluding hydrogens is 332 g/mol. The molecule has 2 amide bonds. The van der Waals surface area contributed by atoms with Crippen LogP contribution in [0.2, 0.25) is 0 Å². The number of carbonyl (C=O) groups excluding carboxylic acids is 2. The SMILES string of the molecule is Cc1cc(C(=O)N[C@H]2CN(C(=O)OC(C)(C)C)C[C@H]2C)c2[nH]ncc2c1. The molecule has 2 heterocycles. The van der Waals surface area contributed by atoms with E-state index in [9.17, 15) is 9.59 Å². The van der Waals surface area contributed by atoms with Gasteiger partial charge in [0.25, 0.3) is 5.91 Å². The second kappa shape index (κ2) is 6.63. The molecule has 0 bridgehead atoms. The van der Waals surface area contributed by atoms with Crippen LogP contribution in [-0.4, -0.2) is 51.8 Å². The van der Waals surface area contributed by atoms with Gasteiger partial charge >= 0.3 is 6.09 Å². The maximum atomic E-state index is 12.8. The summed E-state index contributed by atoms with van der Waals surface area (Å²) in [5.41, 5.74) is 1.76. The molecule has 7 nitrogen and oxygen atoms in total. The van der Waals surface area contributed by atoms with Gasteiger partial charge in [-0.2, -0.15) is 5.10 Å². The van der Waals surface area contributed by atoms with Gasteiger partial charge in [-0.3, -0.25) is 9.89 Å². The molecule has 2 atom stereocenters. The number of aryl methyl sites for hydroxylation is 1. The molecule has 1 aliphatic rings. The van der Waals surface area contributed by atoms with E-state index < -0.39 is 5.60 Å². The van der Waals surface area contributed by atoms with E-state index in [0.717, 1.165) is 16.5 Å². The van der Waals surface area contributed by atoms with Crippen LogP contribution in [0.25, 0.3) is 10.9 Å². The first-order valence-corrected chi connectivity index (χ1v) is 8.86. The number of hydrogen-bond donors (Lipinski definition) is 2. The maximum absolute atomic E-state index is 12.8. The van der Waals surface area contributed by atoms with Crippen LogP contribution in [0.1, 0.15) is 43.6 Å². The highest BCUT2D eigenvalue weighted by molar-refractivity contribution is 6.05. The Morgan fingerprint density at radius 1 is 1.31 bits per heavy atom. The Morgan fingerprint density at radius 2 is 2.04 bits per heavy atom. The quantitative estimate of drug-likeness (QED) is 0.864. The molecule has 0 unspecified atom stereocenters. The van der Waals surface area contributed by atoms with Crippen LogP contribution in [0, 0.1) is 12.8 Å². The molecule has 2 N–H and O–H groups in total. The minimum absolute atomic E-state index is 0.117. The highest BCUT2D eigenvalue weighted by Gasteiger charge is 2.35. The fourth-order valence-electron chi connectivity index (χ4n) is 3.26. The Balaban J connectivity index is 1.71. The third kappa shape index (κ3) is 3.81. The van der Waals surface area contributed by atoms with Crippen molar-refractivity contribution < 1.29 is 14.3 Å². The Morgan fingerprint density at radius 3 is 2.73 bits per heavy atom. The predicted molar refractivity (Wildman–Crippen MR) is 99.1 cm³/mol. The van der Waals surface area contributed by atoms with Gasteiger partial charge < -0.3 is 15.0 Å². The number of nitrogens with one attached hydrogen (secondary N) is 2. The number of ether oxygens (including phenoxy) is 1. The largest absolute Gasteiger partial charge is 0.444 e. The lowest BCUT2D eigenvalue weighted by atomic mass is 10.0. The predicted octanol–water partition coefficient (Wildman–Crippen LogP) is 2.86. The highest BCUT2D eigenvalue weighted by Crippen LogP contribution is 2.22. The van der Waals surface area contributed by atoms with Gasteiger partial charge in [-0.25, -0.2) is 4.79 Å². The summed E-state index contributed by atoms with van der Waals surface area (Å²) in [5.74, 6) is -0.0145. The summed E-state index contributed by atoms with van der Waals surface area (Å²) in [6, 6.07) is 3.72. The number of aromatic nitrogens is 2. The van der Waals surface area contributed by atoms with Crippen molar-refractivity contribution in [3.05, 3.63) is 29.5 Å². The molecular formula is C19H26N4O3. The topological polar surface area (TPSA) is 87.3 Å². The van der Waals surface area contributed by atoms with Crippen molar-refractivity contribution in [2.24, 2.45) is 5.92 Å². The van der Waals surface area contributed by atoms with Crippen LogP contribution in [0.3, 0.4) is 0 Å². The van der Waals surface area contributed by atoms with Crippen LogP contribution < -0.4 is 5.32 Å². The zero-order chi connectivity index (χ0) is 19.1. The lowest BCUT2D eigenvalue weighted by Gasteiger charge is -2.24. The molecule has 1 saturated heterocycles. The molecule has 140 valence electrons. The third-order valence-electron chi connectivity index (χ3n) is 4.52. The van der Waals surface area contributed by atoms with Crippen molar-refractivity contribution in [1.82, 2.24) is 20.4 Å². The standard InChI is InChI=1S/C19H26N4O3/c1-11-6-13-8-20-22-16(13)14(7-11)17(24)21-15-10-23(9-12(15)2)18(25)26-19(3,4)5/h6-8,12,15H,9-10H2,1-5H3,(H,20,22)(H,21,24)/t12-,15+/m1/s1. The zero-order valence-electron chi connectivity index (χ0n) is 15.9. The first kappa shape index (κ1) is 18.2. The lowest BCUT2D eigenvalue weighted by Crippen LogP contribution is -2.41. The molecule has 0 aliphatic carbocycles. The Labute approximate surface area is 153 Å². The van der Waals surface area contributed by atoms with E-state index in [-0.39, 0.29) is 24.0 Å². The third-order valence-corrected chi connectivity index (χ3v) is 4.52. The van der Waals surface area contributed by atoms with Gasteiger partial charge in [0, 0.05) is 18.5 Å². The van der Waals surface area contributed by atoms with Crippen LogP contribution in [0.4, 0.5) is 4.79 Å². The molecule has 3 rings (SSSR count). The van der Waals surface area contributed by atoms with Crippen LogP contribution in [0.15, 0.2) is 18.3 Å². The summed E-state index contributed by atoms with van der Waals surface area (Å²) in [6.07, 6.45) is 1.37. The molecule has 1 aliphatic heterocycles. The van der Waals surface area contributed by atoms with E-state index in [0.29, 0.717) is 18.7 Å². The fourth-order valence-corrected chi connectivity index (χ4v) is 3.26. The van der Waals surface area contributed by atoms with Crippen molar-refractivity contribution in [3.63, 3.8) is 0 Å². The van der Waals surface area contributed by atoms with Gasteiger partial charge in [-0.05, 0) is 51.3 Å². The van der Waals surface area contributed by atoms with Crippen molar-refractivity contribution in [2.75, 3.05) is 13.1 Å². The first-order chi connectivity index (χ1) is 12.1. The van der Waals surface area contributed by atoms with E-state index in [1.165, 1.54) is 0 Å². The molecule has 1 aromatic carbocycles. The van der Waals surface area contributed by atoms with Crippen LogP contribution in [-0.2, 0) is 4.74 Å². The zero-order valence-corrected chi connectivity index (χ0v) is 15.9. The van der Waals surface area contributed by atoms with Crippen molar-refractivity contribution in [3.8, 4) is 0 Å². The number of aromatic amines is 1. The number of nitrogens with zero attached hydrogens (tertiary/aromatic N) is 2. The van der Waals surface area contributed by atoms with Gasteiger partial charge in [0.1, 0.15) is 5.60 Å². The molecule has 0 radical (unpaired) electrons. The Hall–Kier alpha value is -2.57. The number of fused-ring (bicyclic) bond motifs is 1. The second-order valence-corrected chi connectivity index (χ2v) is 8.09. The number of hydrogen-bond acceptors (Lipinski definition) is 4. The molecule has 2 aromatic rings. The number of H-pyrrole nitrogens is 1. The van der Waals surface area contributed by atoms with Gasteiger partial charge in [0.05, 0.1) is 23.3 Å². The van der Waals surface area contributed by atoms with Gasteiger partial charge in [0.15, 0.2) is 0 Å². The molecule has 0 saturated carbocycles. The van der Waals surface area contributed by atoms with Crippen molar-refractivity contribution in [1.29, 1.82) is 0 Å². The summed E-state index contributed by atoms with van der Waals surface area (Å²) < 4.78 is 5.43. The van der Waals surface area contributed by atoms with E-state index in [1.807, 2.05) is 46.8 Å². The average Bonchev–Trinajstić information content (AvgIpc) is 3.11. The Kier molecular flexibility index (Phi) is 4.64. The first-order valence-electron chi connectivity index (χ1n) is 8.86. The molecule has 0 spiro atoms. The van der Waals surface area contributed by atoms with Gasteiger partial charge in [-0.1, -0.05) is 6.92 Å². The van der Waals surface area contributed by atoms with E-state index >= 15 is 0 Å². The minimum atomic E-state index is -0.532. The fraction of sp³-hybridized carbons (Fsp3) is 0.526. The molecule has 1 aromatic heterocycles. The van der Waals surface area contributed by atoms with Crippen molar-refractivity contribution in [2.45, 2.75) is 46.3 Å². The summed E-state index contributed by atoms with van der Waals surface area (Å²) >= 11 is 0. The highest BCUT2D eigenvalue weighted by atomic mass is 16.6. The monoisotopic (exact) mass is 358 g/mol. The lowest BCUT2D eigenvalue weighted by molar-refractivity contribution is 0.0285. The van der Waals surface area contributed by atoms with E-state index in [4.69, 9.17) is 4.74 Å². The van der Waals surface area contributed by atoms with Gasteiger partial charge in [-0.15, -0.1) is 0 Å². The summed E-state index contributed by atoms with van der Waals surface area (Å²) in [4.78, 5) is 26.7. The van der Waals surface area contributed by atoms with E-state index in [1.54, 1.807) is 11.1 Å². The number of carbonyl (C=O) groups is 2.